The van der Waals surface area contributed by atoms with Crippen molar-refractivity contribution < 1.29 is 23.8 Å². The number of carbonyl (C=O) groups is 1. The molecule has 0 aliphatic rings. The monoisotopic (exact) mass is 277 g/mol. The number of para-hydroxylation sites is 1. The zero-order valence-electron chi connectivity index (χ0n) is 10.7. The minimum atomic E-state index is -1.30. The van der Waals surface area contributed by atoms with Crippen molar-refractivity contribution >= 4 is 5.97 Å². The summed E-state index contributed by atoms with van der Waals surface area (Å²) < 4.78 is 23.5. The van der Waals surface area contributed by atoms with Gasteiger partial charge >= 0.3 is 5.97 Å². The summed E-state index contributed by atoms with van der Waals surface area (Å²) in [4.78, 5) is 14.6. The second kappa shape index (κ2) is 6.01. The van der Waals surface area contributed by atoms with Crippen LogP contribution in [0, 0.1) is 5.82 Å². The molecule has 20 heavy (non-hydrogen) atoms. The third kappa shape index (κ3) is 3.03. The maximum Gasteiger partial charge on any atom is 0.341 e. The van der Waals surface area contributed by atoms with Gasteiger partial charge in [-0.25, -0.2) is 14.2 Å². The number of benzene rings is 1. The van der Waals surface area contributed by atoms with Crippen molar-refractivity contribution in [2.75, 3.05) is 7.11 Å². The van der Waals surface area contributed by atoms with E-state index in [1.165, 1.54) is 7.11 Å². The molecule has 0 aliphatic carbocycles. The Morgan fingerprint density at radius 1 is 1.40 bits per heavy atom. The molecule has 0 spiro atoms. The lowest BCUT2D eigenvalue weighted by Crippen LogP contribution is -2.06. The van der Waals surface area contributed by atoms with Gasteiger partial charge in [-0.1, -0.05) is 18.2 Å². The number of methoxy groups -OCH3 is 1. The average Bonchev–Trinajstić information content (AvgIpc) is 2.46. The highest BCUT2D eigenvalue weighted by Crippen LogP contribution is 2.21. The van der Waals surface area contributed by atoms with Crippen LogP contribution in [-0.4, -0.2) is 23.2 Å². The lowest BCUT2D eigenvalue weighted by Gasteiger charge is -2.10. The summed E-state index contributed by atoms with van der Waals surface area (Å²) in [5, 5.41) is 8.98. The molecule has 1 aromatic heterocycles. The van der Waals surface area contributed by atoms with Gasteiger partial charge in [0.2, 0.25) is 5.88 Å². The zero-order valence-corrected chi connectivity index (χ0v) is 10.7. The Balaban J connectivity index is 2.21. The highest BCUT2D eigenvalue weighted by molar-refractivity contribution is 5.90. The summed E-state index contributed by atoms with van der Waals surface area (Å²) in [6, 6.07) is 8.02. The molecule has 104 valence electrons. The molecule has 0 unspecified atom stereocenters. The van der Waals surface area contributed by atoms with E-state index in [1.807, 2.05) is 0 Å². The molecular formula is C14H12FNO4. The normalized spacial score (nSPS) is 10.1. The molecular weight excluding hydrogens is 265 g/mol. The molecule has 5 nitrogen and oxygen atoms in total. The molecule has 0 aliphatic heterocycles. The van der Waals surface area contributed by atoms with E-state index in [9.17, 15) is 9.18 Å². The molecule has 0 saturated heterocycles. The number of pyridine rings is 1. The largest absolute Gasteiger partial charge is 0.496 e. The summed E-state index contributed by atoms with van der Waals surface area (Å²) in [6.07, 6.45) is 0.907. The van der Waals surface area contributed by atoms with E-state index in [0.717, 1.165) is 17.8 Å². The van der Waals surface area contributed by atoms with Gasteiger partial charge in [0.25, 0.3) is 0 Å². The number of carboxylic acids is 1. The van der Waals surface area contributed by atoms with Gasteiger partial charge in [0.15, 0.2) is 0 Å². The van der Waals surface area contributed by atoms with E-state index in [1.54, 1.807) is 24.3 Å². The molecule has 1 N–H and O–H groups in total. The van der Waals surface area contributed by atoms with Gasteiger partial charge in [-0.15, -0.1) is 0 Å². The average molecular weight is 277 g/mol. The van der Waals surface area contributed by atoms with Crippen molar-refractivity contribution in [3.63, 3.8) is 0 Å². The number of hydrogen-bond acceptors (Lipinski definition) is 4. The summed E-state index contributed by atoms with van der Waals surface area (Å²) in [5.74, 6) is -1.55. The van der Waals surface area contributed by atoms with E-state index in [-0.39, 0.29) is 18.1 Å². The van der Waals surface area contributed by atoms with Crippen LogP contribution in [0.4, 0.5) is 4.39 Å². The maximum atomic E-state index is 13.0. The first kappa shape index (κ1) is 13.8. The Labute approximate surface area is 114 Å². The Morgan fingerprint density at radius 2 is 2.15 bits per heavy atom. The van der Waals surface area contributed by atoms with E-state index < -0.39 is 11.8 Å². The van der Waals surface area contributed by atoms with E-state index in [4.69, 9.17) is 14.6 Å². The topological polar surface area (TPSA) is 68.7 Å². The van der Waals surface area contributed by atoms with Crippen LogP contribution in [-0.2, 0) is 6.61 Å². The molecule has 0 fully saturated rings. The number of hydrogen-bond donors (Lipinski definition) is 1. The van der Waals surface area contributed by atoms with Gasteiger partial charge in [-0.3, -0.25) is 0 Å². The molecule has 6 heteroatoms. The SMILES string of the molecule is COc1ccccc1COc1ncc(F)cc1C(=O)O. The lowest BCUT2D eigenvalue weighted by molar-refractivity contribution is 0.0690. The first-order valence-corrected chi connectivity index (χ1v) is 5.75. The Bertz CT molecular complexity index is 630. The number of aromatic nitrogens is 1. The molecule has 1 aromatic carbocycles. The quantitative estimate of drug-likeness (QED) is 0.909. The molecule has 1 heterocycles. The number of nitrogens with zero attached hydrogens (tertiary/aromatic N) is 1. The Morgan fingerprint density at radius 3 is 2.85 bits per heavy atom. The van der Waals surface area contributed by atoms with Crippen LogP contribution in [0.2, 0.25) is 0 Å². The van der Waals surface area contributed by atoms with Crippen LogP contribution < -0.4 is 9.47 Å². The number of aromatic carboxylic acids is 1. The van der Waals surface area contributed by atoms with Gasteiger partial charge in [0, 0.05) is 5.56 Å². The van der Waals surface area contributed by atoms with Crippen molar-refractivity contribution in [1.82, 2.24) is 4.98 Å². The van der Waals surface area contributed by atoms with Crippen molar-refractivity contribution in [2.45, 2.75) is 6.61 Å². The van der Waals surface area contributed by atoms with E-state index in [2.05, 4.69) is 4.98 Å². The molecule has 2 rings (SSSR count). The van der Waals surface area contributed by atoms with E-state index >= 15 is 0 Å². The summed E-state index contributed by atoms with van der Waals surface area (Å²) >= 11 is 0. The van der Waals surface area contributed by atoms with Crippen LogP contribution in [0.15, 0.2) is 36.5 Å². The first-order chi connectivity index (χ1) is 9.61. The molecule has 0 radical (unpaired) electrons. The van der Waals surface area contributed by atoms with Gasteiger partial charge in [-0.2, -0.15) is 0 Å². The van der Waals surface area contributed by atoms with Gasteiger partial charge in [0.1, 0.15) is 23.7 Å². The van der Waals surface area contributed by atoms with Crippen molar-refractivity contribution in [3.05, 3.63) is 53.5 Å². The predicted molar refractivity (Wildman–Crippen MR) is 68.5 cm³/mol. The predicted octanol–water partition coefficient (Wildman–Crippen LogP) is 2.51. The smallest absolute Gasteiger partial charge is 0.341 e. The minimum absolute atomic E-state index is 0.0723. The molecule has 0 saturated carbocycles. The van der Waals surface area contributed by atoms with Crippen LogP contribution in [0.1, 0.15) is 15.9 Å². The summed E-state index contributed by atoms with van der Waals surface area (Å²) in [6.45, 7) is 0.0723. The minimum Gasteiger partial charge on any atom is -0.496 e. The van der Waals surface area contributed by atoms with Crippen LogP contribution in [0.25, 0.3) is 0 Å². The van der Waals surface area contributed by atoms with Crippen LogP contribution in [0.5, 0.6) is 11.6 Å². The lowest BCUT2D eigenvalue weighted by atomic mass is 10.2. The third-order valence-electron chi connectivity index (χ3n) is 2.61. The highest BCUT2D eigenvalue weighted by Gasteiger charge is 2.15. The maximum absolute atomic E-state index is 13.0. The van der Waals surface area contributed by atoms with Crippen LogP contribution >= 0.6 is 0 Å². The Kier molecular flexibility index (Phi) is 4.14. The first-order valence-electron chi connectivity index (χ1n) is 5.75. The van der Waals surface area contributed by atoms with Crippen molar-refractivity contribution in [1.29, 1.82) is 0 Å². The molecule has 0 bridgehead atoms. The van der Waals surface area contributed by atoms with Gasteiger partial charge in [-0.05, 0) is 12.1 Å². The molecule has 2 aromatic rings. The fraction of sp³-hybridized carbons (Fsp3) is 0.143. The van der Waals surface area contributed by atoms with Gasteiger partial charge in [0.05, 0.1) is 13.3 Å². The molecule has 0 atom stereocenters. The fourth-order valence-corrected chi connectivity index (χ4v) is 1.66. The van der Waals surface area contributed by atoms with Crippen molar-refractivity contribution in [2.24, 2.45) is 0 Å². The van der Waals surface area contributed by atoms with Crippen LogP contribution in [0.3, 0.4) is 0 Å². The number of rotatable bonds is 5. The second-order valence-corrected chi connectivity index (χ2v) is 3.91. The second-order valence-electron chi connectivity index (χ2n) is 3.91. The van der Waals surface area contributed by atoms with E-state index in [0.29, 0.717) is 5.75 Å². The summed E-state index contributed by atoms with van der Waals surface area (Å²) in [7, 11) is 1.53. The number of halogens is 1. The fourth-order valence-electron chi connectivity index (χ4n) is 1.66. The number of carboxylic acid groups (broad SMARTS) is 1. The number of ether oxygens (including phenoxy) is 2. The Hall–Kier alpha value is -2.63. The highest BCUT2D eigenvalue weighted by atomic mass is 19.1. The zero-order chi connectivity index (χ0) is 14.5. The third-order valence-corrected chi connectivity index (χ3v) is 2.61. The van der Waals surface area contributed by atoms with Gasteiger partial charge < -0.3 is 14.6 Å². The summed E-state index contributed by atoms with van der Waals surface area (Å²) in [5.41, 5.74) is 0.414. The standard InChI is InChI=1S/C14H12FNO4/c1-19-12-5-3-2-4-9(12)8-20-13-11(14(17)18)6-10(15)7-16-13/h2-7H,8H2,1H3,(H,17,18). The molecule has 0 amide bonds. The van der Waals surface area contributed by atoms with Crippen molar-refractivity contribution in [3.8, 4) is 11.6 Å².